The molecule has 1 aliphatic heterocycles. The zero-order chi connectivity index (χ0) is 13.8. The molecule has 1 aromatic heterocycles. The maximum absolute atomic E-state index is 12.2. The van der Waals surface area contributed by atoms with Crippen LogP contribution in [0.4, 0.5) is 0 Å². The van der Waals surface area contributed by atoms with Crippen LogP contribution >= 0.6 is 0 Å². The monoisotopic (exact) mass is 262 g/mol. The standard InChI is InChI=1S/C12H14N4O3/c1-13-11(18)10(3-2-4-17)16-6-9-8(12(16)19)5-14-7-15-9/h4-5,7,10H,2-3,6H2,1H3,(H,13,18). The largest absolute Gasteiger partial charge is 0.357 e. The van der Waals surface area contributed by atoms with Crippen molar-refractivity contribution >= 4 is 18.1 Å². The van der Waals surface area contributed by atoms with Gasteiger partial charge in [-0.25, -0.2) is 9.97 Å². The second-order valence-corrected chi connectivity index (χ2v) is 4.19. The Balaban J connectivity index is 2.23. The van der Waals surface area contributed by atoms with Gasteiger partial charge < -0.3 is 15.0 Å². The van der Waals surface area contributed by atoms with E-state index in [1.54, 1.807) is 0 Å². The minimum absolute atomic E-state index is 0.226. The van der Waals surface area contributed by atoms with Crippen LogP contribution in [0.5, 0.6) is 0 Å². The molecule has 1 unspecified atom stereocenters. The normalized spacial score (nSPS) is 15.0. The van der Waals surface area contributed by atoms with Crippen LogP contribution in [0.1, 0.15) is 28.9 Å². The number of fused-ring (bicyclic) bond motifs is 1. The quantitative estimate of drug-likeness (QED) is 0.724. The smallest absolute Gasteiger partial charge is 0.258 e. The molecule has 0 saturated heterocycles. The summed E-state index contributed by atoms with van der Waals surface area (Å²) in [7, 11) is 1.50. The number of aromatic nitrogens is 2. The van der Waals surface area contributed by atoms with Crippen molar-refractivity contribution in [1.82, 2.24) is 20.2 Å². The van der Waals surface area contributed by atoms with Crippen LogP contribution in [-0.2, 0) is 16.1 Å². The van der Waals surface area contributed by atoms with E-state index in [-0.39, 0.29) is 24.8 Å². The minimum atomic E-state index is -0.656. The van der Waals surface area contributed by atoms with Crippen LogP contribution in [0.3, 0.4) is 0 Å². The van der Waals surface area contributed by atoms with Crippen LogP contribution in [0, 0.1) is 0 Å². The maximum atomic E-state index is 12.2. The Labute approximate surface area is 110 Å². The van der Waals surface area contributed by atoms with Gasteiger partial charge in [0, 0.05) is 19.7 Å². The highest BCUT2D eigenvalue weighted by Gasteiger charge is 2.36. The van der Waals surface area contributed by atoms with Gasteiger partial charge in [-0.05, 0) is 6.42 Å². The molecular weight excluding hydrogens is 248 g/mol. The first kappa shape index (κ1) is 13.1. The molecule has 100 valence electrons. The highest BCUT2D eigenvalue weighted by atomic mass is 16.2. The van der Waals surface area contributed by atoms with Crippen molar-refractivity contribution in [1.29, 1.82) is 0 Å². The fraction of sp³-hybridized carbons (Fsp3) is 0.417. The summed E-state index contributed by atoms with van der Waals surface area (Å²) < 4.78 is 0. The van der Waals surface area contributed by atoms with Crippen molar-refractivity contribution in [3.05, 3.63) is 23.8 Å². The molecule has 19 heavy (non-hydrogen) atoms. The topological polar surface area (TPSA) is 92.3 Å². The average Bonchev–Trinajstić information content (AvgIpc) is 2.77. The fourth-order valence-corrected chi connectivity index (χ4v) is 2.12. The first-order chi connectivity index (χ1) is 9.19. The number of nitrogens with one attached hydrogen (secondary N) is 1. The summed E-state index contributed by atoms with van der Waals surface area (Å²) in [5.74, 6) is -0.550. The van der Waals surface area contributed by atoms with Crippen LogP contribution in [0.2, 0.25) is 0 Å². The Bertz CT molecular complexity index is 517. The average molecular weight is 262 g/mol. The molecule has 2 rings (SSSR count). The minimum Gasteiger partial charge on any atom is -0.357 e. The van der Waals surface area contributed by atoms with E-state index in [1.807, 2.05) is 0 Å². The molecule has 7 nitrogen and oxygen atoms in total. The third kappa shape index (κ3) is 2.44. The molecule has 2 amide bonds. The number of carbonyl (C=O) groups excluding carboxylic acids is 3. The zero-order valence-electron chi connectivity index (χ0n) is 10.5. The van der Waals surface area contributed by atoms with E-state index in [1.165, 1.54) is 24.5 Å². The number of rotatable bonds is 5. The third-order valence-corrected chi connectivity index (χ3v) is 3.09. The van der Waals surface area contributed by atoms with Gasteiger partial charge in [0.1, 0.15) is 18.7 Å². The van der Waals surface area contributed by atoms with E-state index < -0.39 is 6.04 Å². The van der Waals surface area contributed by atoms with E-state index in [9.17, 15) is 14.4 Å². The molecule has 0 bridgehead atoms. The van der Waals surface area contributed by atoms with Gasteiger partial charge in [-0.1, -0.05) is 0 Å². The van der Waals surface area contributed by atoms with E-state index in [2.05, 4.69) is 15.3 Å². The molecule has 1 aliphatic rings. The summed E-state index contributed by atoms with van der Waals surface area (Å²) in [5.41, 5.74) is 1.03. The first-order valence-electron chi connectivity index (χ1n) is 5.94. The van der Waals surface area contributed by atoms with Gasteiger partial charge in [0.2, 0.25) is 5.91 Å². The predicted molar refractivity (Wildman–Crippen MR) is 65.1 cm³/mol. The lowest BCUT2D eigenvalue weighted by molar-refractivity contribution is -0.125. The van der Waals surface area contributed by atoms with Crippen LogP contribution in [0.25, 0.3) is 0 Å². The summed E-state index contributed by atoms with van der Waals surface area (Å²) in [6.45, 7) is 0.271. The number of amides is 2. The molecule has 0 fully saturated rings. The second kappa shape index (κ2) is 5.55. The molecule has 1 N–H and O–H groups in total. The molecule has 0 saturated carbocycles. The number of carbonyl (C=O) groups is 3. The van der Waals surface area contributed by atoms with Gasteiger partial charge in [-0.3, -0.25) is 9.59 Å². The molecule has 1 atom stereocenters. The van der Waals surface area contributed by atoms with Gasteiger partial charge in [0.05, 0.1) is 17.8 Å². The Hall–Kier alpha value is -2.31. The molecule has 0 aromatic carbocycles. The number of nitrogens with zero attached hydrogens (tertiary/aromatic N) is 3. The summed E-state index contributed by atoms with van der Waals surface area (Å²) >= 11 is 0. The SMILES string of the molecule is CNC(=O)C(CCC=O)N1Cc2ncncc2C1=O. The number of hydrogen-bond acceptors (Lipinski definition) is 5. The Morgan fingerprint density at radius 1 is 1.63 bits per heavy atom. The fourth-order valence-electron chi connectivity index (χ4n) is 2.12. The molecule has 0 aliphatic carbocycles. The van der Waals surface area contributed by atoms with Gasteiger partial charge in [0.25, 0.3) is 5.91 Å². The summed E-state index contributed by atoms with van der Waals surface area (Å²) in [6.07, 6.45) is 4.09. The van der Waals surface area contributed by atoms with Gasteiger partial charge >= 0.3 is 0 Å². The predicted octanol–water partition coefficient (Wildman–Crippen LogP) is -0.474. The lowest BCUT2D eigenvalue weighted by atomic mass is 10.1. The van der Waals surface area contributed by atoms with Crippen molar-refractivity contribution in [2.24, 2.45) is 0 Å². The summed E-state index contributed by atoms with van der Waals surface area (Å²) in [5, 5.41) is 2.51. The van der Waals surface area contributed by atoms with Gasteiger partial charge in [0.15, 0.2) is 0 Å². The van der Waals surface area contributed by atoms with E-state index in [0.717, 1.165) is 6.29 Å². The molecular formula is C12H14N4O3. The Kier molecular flexibility index (Phi) is 3.84. The van der Waals surface area contributed by atoms with Crippen molar-refractivity contribution in [2.75, 3.05) is 7.05 Å². The molecule has 7 heteroatoms. The van der Waals surface area contributed by atoms with Crippen molar-refractivity contribution in [3.8, 4) is 0 Å². The van der Waals surface area contributed by atoms with Crippen molar-refractivity contribution in [3.63, 3.8) is 0 Å². The lowest BCUT2D eigenvalue weighted by Crippen LogP contribution is -2.46. The number of likely N-dealkylation sites (N-methyl/N-ethyl adjacent to an activating group) is 1. The first-order valence-corrected chi connectivity index (χ1v) is 5.94. The maximum Gasteiger partial charge on any atom is 0.258 e. The van der Waals surface area contributed by atoms with E-state index in [4.69, 9.17) is 0 Å². The summed E-state index contributed by atoms with van der Waals surface area (Å²) in [6, 6.07) is -0.656. The van der Waals surface area contributed by atoms with Gasteiger partial charge in [-0.15, -0.1) is 0 Å². The lowest BCUT2D eigenvalue weighted by Gasteiger charge is -2.25. The zero-order valence-corrected chi connectivity index (χ0v) is 10.5. The molecule has 2 heterocycles. The summed E-state index contributed by atoms with van der Waals surface area (Å²) in [4.78, 5) is 43.8. The van der Waals surface area contributed by atoms with Crippen molar-refractivity contribution in [2.45, 2.75) is 25.4 Å². The second-order valence-electron chi connectivity index (χ2n) is 4.19. The highest BCUT2D eigenvalue weighted by Crippen LogP contribution is 2.23. The molecule has 1 aromatic rings. The van der Waals surface area contributed by atoms with Crippen LogP contribution < -0.4 is 5.32 Å². The van der Waals surface area contributed by atoms with E-state index >= 15 is 0 Å². The third-order valence-electron chi connectivity index (χ3n) is 3.09. The molecule has 0 radical (unpaired) electrons. The number of hydrogen-bond donors (Lipinski definition) is 1. The van der Waals surface area contributed by atoms with Crippen LogP contribution in [-0.4, -0.2) is 46.1 Å². The van der Waals surface area contributed by atoms with Gasteiger partial charge in [-0.2, -0.15) is 0 Å². The van der Waals surface area contributed by atoms with E-state index in [0.29, 0.717) is 17.7 Å². The Morgan fingerprint density at radius 3 is 3.05 bits per heavy atom. The highest BCUT2D eigenvalue weighted by molar-refractivity contribution is 6.00. The molecule has 0 spiro atoms. The number of aldehydes is 1. The Morgan fingerprint density at radius 2 is 2.42 bits per heavy atom. The van der Waals surface area contributed by atoms with Crippen LogP contribution in [0.15, 0.2) is 12.5 Å². The van der Waals surface area contributed by atoms with Crippen molar-refractivity contribution < 1.29 is 14.4 Å².